The number of aryl methyl sites for hydroxylation is 2. The monoisotopic (exact) mass is 520 g/mol. The predicted molar refractivity (Wildman–Crippen MR) is 155 cm³/mol. The SMILES string of the molecule is CCc1nc(C(N)=O)c(Nc2ccc(N3CCC(N4CCN(C)CC4)CC3)c(C)c2)nc1N1CCCCC1. The van der Waals surface area contributed by atoms with Crippen molar-refractivity contribution in [2.24, 2.45) is 5.73 Å². The lowest BCUT2D eigenvalue weighted by Gasteiger charge is -2.43. The fourth-order valence-electron chi connectivity index (χ4n) is 6.20. The number of piperidine rings is 2. The van der Waals surface area contributed by atoms with Crippen molar-refractivity contribution in [2.75, 3.05) is 74.5 Å². The van der Waals surface area contributed by atoms with Gasteiger partial charge in [0, 0.05) is 69.8 Å². The van der Waals surface area contributed by atoms with Crippen molar-refractivity contribution in [3.05, 3.63) is 35.2 Å². The molecular formula is C29H44N8O. The summed E-state index contributed by atoms with van der Waals surface area (Å²) in [6, 6.07) is 7.11. The van der Waals surface area contributed by atoms with Crippen LogP contribution < -0.4 is 20.9 Å². The van der Waals surface area contributed by atoms with Gasteiger partial charge in [-0.2, -0.15) is 0 Å². The van der Waals surface area contributed by atoms with E-state index in [9.17, 15) is 4.79 Å². The fraction of sp³-hybridized carbons (Fsp3) is 0.621. The Balaban J connectivity index is 1.30. The number of rotatable bonds is 7. The molecule has 1 aromatic heterocycles. The third kappa shape index (κ3) is 5.89. The van der Waals surface area contributed by atoms with Crippen LogP contribution in [-0.4, -0.2) is 91.1 Å². The topological polar surface area (TPSA) is 93.9 Å². The van der Waals surface area contributed by atoms with Gasteiger partial charge in [-0.25, -0.2) is 9.97 Å². The average molecular weight is 521 g/mol. The number of carbonyl (C=O) groups is 1. The number of hydrogen-bond acceptors (Lipinski definition) is 8. The molecule has 3 aliphatic heterocycles. The Morgan fingerprint density at radius 3 is 2.32 bits per heavy atom. The average Bonchev–Trinajstić information content (AvgIpc) is 2.94. The second kappa shape index (κ2) is 11.9. The molecule has 1 amide bonds. The molecule has 2 aromatic rings. The number of nitrogens with one attached hydrogen (secondary N) is 1. The molecule has 0 aliphatic carbocycles. The molecule has 3 saturated heterocycles. The van der Waals surface area contributed by atoms with Crippen LogP contribution in [0.4, 0.5) is 23.0 Å². The molecular weight excluding hydrogens is 476 g/mol. The zero-order chi connectivity index (χ0) is 26.6. The number of amides is 1. The molecule has 9 heteroatoms. The van der Waals surface area contributed by atoms with E-state index in [1.54, 1.807) is 0 Å². The van der Waals surface area contributed by atoms with Crippen LogP contribution in [0.1, 0.15) is 60.8 Å². The van der Waals surface area contributed by atoms with Crippen LogP contribution in [0.25, 0.3) is 0 Å². The summed E-state index contributed by atoms with van der Waals surface area (Å²) in [6.07, 6.45) is 6.68. The maximum atomic E-state index is 12.3. The molecule has 1 aromatic carbocycles. The highest BCUT2D eigenvalue weighted by Gasteiger charge is 2.27. The Labute approximate surface area is 227 Å². The number of nitrogens with zero attached hydrogens (tertiary/aromatic N) is 6. The zero-order valence-electron chi connectivity index (χ0n) is 23.4. The third-order valence-corrected chi connectivity index (χ3v) is 8.49. The Morgan fingerprint density at radius 2 is 1.68 bits per heavy atom. The summed E-state index contributed by atoms with van der Waals surface area (Å²) in [5.74, 6) is 0.753. The highest BCUT2D eigenvalue weighted by molar-refractivity contribution is 5.96. The molecule has 0 radical (unpaired) electrons. The highest BCUT2D eigenvalue weighted by Crippen LogP contribution is 2.31. The summed E-state index contributed by atoms with van der Waals surface area (Å²) in [5, 5.41) is 3.38. The molecule has 0 unspecified atom stereocenters. The quantitative estimate of drug-likeness (QED) is 0.574. The van der Waals surface area contributed by atoms with E-state index in [0.717, 1.165) is 56.2 Å². The van der Waals surface area contributed by atoms with Crippen LogP contribution in [0.3, 0.4) is 0 Å². The number of carbonyl (C=O) groups excluding carboxylic acids is 1. The van der Waals surface area contributed by atoms with Gasteiger partial charge in [-0.1, -0.05) is 6.92 Å². The summed E-state index contributed by atoms with van der Waals surface area (Å²) in [7, 11) is 2.22. The number of primary amides is 1. The maximum absolute atomic E-state index is 12.3. The highest BCUT2D eigenvalue weighted by atomic mass is 16.1. The van der Waals surface area contributed by atoms with Gasteiger partial charge in [-0.3, -0.25) is 9.69 Å². The first kappa shape index (κ1) is 26.7. The summed E-state index contributed by atoms with van der Waals surface area (Å²) in [6.45, 7) is 13.0. The van der Waals surface area contributed by atoms with Crippen molar-refractivity contribution < 1.29 is 4.79 Å². The zero-order valence-corrected chi connectivity index (χ0v) is 23.4. The van der Waals surface area contributed by atoms with Gasteiger partial charge in [0.1, 0.15) is 0 Å². The van der Waals surface area contributed by atoms with Crippen molar-refractivity contribution in [3.63, 3.8) is 0 Å². The molecule has 0 saturated carbocycles. The van der Waals surface area contributed by atoms with Gasteiger partial charge >= 0.3 is 0 Å². The normalized spacial score (nSPS) is 20.1. The summed E-state index contributed by atoms with van der Waals surface area (Å²) in [4.78, 5) is 31.8. The molecule has 0 bridgehead atoms. The number of benzene rings is 1. The van der Waals surface area contributed by atoms with E-state index in [-0.39, 0.29) is 5.69 Å². The minimum atomic E-state index is -0.559. The van der Waals surface area contributed by atoms with Crippen molar-refractivity contribution in [1.82, 2.24) is 19.8 Å². The van der Waals surface area contributed by atoms with Crippen LogP contribution in [0.5, 0.6) is 0 Å². The first-order chi connectivity index (χ1) is 18.4. The van der Waals surface area contributed by atoms with Crippen molar-refractivity contribution in [2.45, 2.75) is 58.4 Å². The first-order valence-corrected chi connectivity index (χ1v) is 14.4. The van der Waals surface area contributed by atoms with Crippen LogP contribution >= 0.6 is 0 Å². The molecule has 3 N–H and O–H groups in total. The molecule has 38 heavy (non-hydrogen) atoms. The Morgan fingerprint density at radius 1 is 0.974 bits per heavy atom. The molecule has 5 rings (SSSR count). The van der Waals surface area contributed by atoms with Gasteiger partial charge in [0.15, 0.2) is 17.3 Å². The molecule has 9 nitrogen and oxygen atoms in total. The van der Waals surface area contributed by atoms with Gasteiger partial charge in [-0.05, 0) is 76.3 Å². The van der Waals surface area contributed by atoms with E-state index in [4.69, 9.17) is 10.7 Å². The number of anilines is 4. The van der Waals surface area contributed by atoms with E-state index in [1.807, 2.05) is 6.92 Å². The first-order valence-electron chi connectivity index (χ1n) is 14.4. The van der Waals surface area contributed by atoms with E-state index >= 15 is 0 Å². The molecule has 0 spiro atoms. The standard InChI is InChI=1S/C29H44N8O/c1-4-24-29(37-12-6-5-7-13-37)33-28(26(32-24)27(30)38)31-22-8-9-25(21(2)20-22)36-14-10-23(11-15-36)35-18-16-34(3)17-19-35/h8-9,20,23H,4-7,10-19H2,1-3H3,(H2,30,38)(H,31,33). The van der Waals surface area contributed by atoms with E-state index in [0.29, 0.717) is 18.3 Å². The lowest BCUT2D eigenvalue weighted by atomic mass is 10.0. The largest absolute Gasteiger partial charge is 0.371 e. The number of likely N-dealkylation sites (N-methyl/N-ethyl adjacent to an activating group) is 1. The smallest absolute Gasteiger partial charge is 0.271 e. The number of piperazine rings is 1. The molecule has 4 heterocycles. The van der Waals surface area contributed by atoms with Gasteiger partial charge < -0.3 is 25.8 Å². The van der Waals surface area contributed by atoms with E-state index in [2.05, 4.69) is 62.1 Å². The van der Waals surface area contributed by atoms with Crippen molar-refractivity contribution >= 4 is 28.9 Å². The summed E-state index contributed by atoms with van der Waals surface area (Å²) < 4.78 is 0. The molecule has 0 atom stereocenters. The van der Waals surface area contributed by atoms with Crippen molar-refractivity contribution in [3.8, 4) is 0 Å². The summed E-state index contributed by atoms with van der Waals surface area (Å²) in [5.41, 5.74) is 10.2. The molecule has 3 fully saturated rings. The Bertz CT molecular complexity index is 1120. The third-order valence-electron chi connectivity index (χ3n) is 8.49. The lowest BCUT2D eigenvalue weighted by Crippen LogP contribution is -2.52. The fourth-order valence-corrected chi connectivity index (χ4v) is 6.20. The molecule has 206 valence electrons. The minimum absolute atomic E-state index is 0.204. The Hall–Kier alpha value is -2.91. The number of hydrogen-bond donors (Lipinski definition) is 2. The summed E-state index contributed by atoms with van der Waals surface area (Å²) >= 11 is 0. The van der Waals surface area contributed by atoms with Crippen LogP contribution in [0, 0.1) is 6.92 Å². The predicted octanol–water partition coefficient (Wildman–Crippen LogP) is 3.40. The minimum Gasteiger partial charge on any atom is -0.371 e. The van der Waals surface area contributed by atoms with Crippen LogP contribution in [0.2, 0.25) is 0 Å². The van der Waals surface area contributed by atoms with E-state index in [1.165, 1.54) is 56.7 Å². The van der Waals surface area contributed by atoms with Gasteiger partial charge in [-0.15, -0.1) is 0 Å². The maximum Gasteiger partial charge on any atom is 0.271 e. The number of aromatic nitrogens is 2. The van der Waals surface area contributed by atoms with Gasteiger partial charge in [0.25, 0.3) is 5.91 Å². The van der Waals surface area contributed by atoms with Crippen molar-refractivity contribution in [1.29, 1.82) is 0 Å². The van der Waals surface area contributed by atoms with Gasteiger partial charge in [0.2, 0.25) is 0 Å². The molecule has 3 aliphatic rings. The van der Waals surface area contributed by atoms with E-state index < -0.39 is 5.91 Å². The van der Waals surface area contributed by atoms with Crippen LogP contribution in [-0.2, 0) is 6.42 Å². The van der Waals surface area contributed by atoms with Crippen LogP contribution in [0.15, 0.2) is 18.2 Å². The lowest BCUT2D eigenvalue weighted by molar-refractivity contribution is 0.0982. The second-order valence-corrected chi connectivity index (χ2v) is 11.1. The second-order valence-electron chi connectivity index (χ2n) is 11.1. The van der Waals surface area contributed by atoms with Gasteiger partial charge in [0.05, 0.1) is 5.69 Å². The Kier molecular flexibility index (Phi) is 8.33. The number of nitrogens with two attached hydrogens (primary N) is 1.